The summed E-state index contributed by atoms with van der Waals surface area (Å²) in [4.78, 5) is 3.78. The van der Waals surface area contributed by atoms with E-state index in [1.165, 1.54) is 0 Å². The molecule has 1 heterocycles. The molecule has 0 saturated carbocycles. The van der Waals surface area contributed by atoms with Gasteiger partial charge in [0, 0.05) is 12.4 Å². The molecule has 0 radical (unpaired) electrons. The summed E-state index contributed by atoms with van der Waals surface area (Å²) in [7, 11) is -9.53. The molecule has 2 N–H and O–H groups in total. The summed E-state index contributed by atoms with van der Waals surface area (Å²) in [5.41, 5.74) is -5.53. The summed E-state index contributed by atoms with van der Waals surface area (Å²) in [6.45, 7) is 1.87. The Morgan fingerprint density at radius 1 is 1.00 bits per heavy atom. The van der Waals surface area contributed by atoms with Gasteiger partial charge in [0.25, 0.3) is 10.1 Å². The van der Waals surface area contributed by atoms with E-state index in [4.69, 9.17) is 17.5 Å². The third kappa shape index (κ3) is 16.8. The molecule has 0 atom stereocenters. The van der Waals surface area contributed by atoms with E-state index in [9.17, 15) is 21.6 Å². The molecule has 22 heavy (non-hydrogen) atoms. The average Bonchev–Trinajstić information content (AvgIpc) is 2.37. The number of rotatable bonds is 3. The number of unbranched alkanes of at least 4 members (excludes halogenated alkanes) is 1. The maximum absolute atomic E-state index is 10.7. The van der Waals surface area contributed by atoms with E-state index in [1.54, 1.807) is 12.4 Å². The Balaban J connectivity index is 0. The Morgan fingerprint density at radius 2 is 1.41 bits per heavy atom. The van der Waals surface area contributed by atoms with Crippen LogP contribution in [0.2, 0.25) is 0 Å². The van der Waals surface area contributed by atoms with Gasteiger partial charge in [-0.05, 0) is 18.6 Å². The summed E-state index contributed by atoms with van der Waals surface area (Å²) < 4.78 is 85.6. The van der Waals surface area contributed by atoms with E-state index in [-0.39, 0.29) is 5.75 Å². The Morgan fingerprint density at radius 3 is 1.50 bits per heavy atom. The minimum Gasteiger partial charge on any atom is -0.286 e. The molecule has 1 aromatic rings. The number of aromatic nitrogens is 1. The topological polar surface area (TPSA) is 122 Å². The zero-order chi connectivity index (χ0) is 17.9. The summed E-state index contributed by atoms with van der Waals surface area (Å²) >= 11 is 0. The molecule has 0 bridgehead atoms. The van der Waals surface area contributed by atoms with Gasteiger partial charge in [0.05, 0.1) is 5.75 Å². The van der Waals surface area contributed by atoms with Gasteiger partial charge in [-0.1, -0.05) is 19.4 Å². The molecule has 0 unspecified atom stereocenters. The van der Waals surface area contributed by atoms with Crippen LogP contribution in [0.25, 0.3) is 0 Å². The van der Waals surface area contributed by atoms with Crippen LogP contribution in [0.3, 0.4) is 0 Å². The third-order valence-corrected chi connectivity index (χ3v) is 3.00. The second-order valence-corrected chi connectivity index (χ2v) is 6.57. The summed E-state index contributed by atoms with van der Waals surface area (Å²) in [6, 6.07) is 5.72. The van der Waals surface area contributed by atoms with Gasteiger partial charge in [-0.15, -0.1) is 0 Å². The lowest BCUT2D eigenvalue weighted by atomic mass is 10.4. The summed E-state index contributed by atoms with van der Waals surface area (Å²) in [6.07, 6.45) is 4.83. The van der Waals surface area contributed by atoms with Crippen molar-refractivity contribution < 1.29 is 39.1 Å². The first-order valence-electron chi connectivity index (χ1n) is 5.65. The smallest absolute Gasteiger partial charge is 0.286 e. The molecule has 0 fully saturated rings. The van der Waals surface area contributed by atoms with Gasteiger partial charge in [-0.2, -0.15) is 30.0 Å². The second-order valence-electron chi connectivity index (χ2n) is 3.58. The van der Waals surface area contributed by atoms with Gasteiger partial charge < -0.3 is 0 Å². The molecule has 0 aliphatic carbocycles. The number of halogens is 3. The summed E-state index contributed by atoms with van der Waals surface area (Å²) in [5.74, 6) is -0.108. The van der Waals surface area contributed by atoms with Crippen molar-refractivity contribution in [3.8, 4) is 0 Å². The molecule has 1 aromatic heterocycles. The van der Waals surface area contributed by atoms with Crippen LogP contribution in [0.4, 0.5) is 13.2 Å². The average molecular weight is 367 g/mol. The maximum Gasteiger partial charge on any atom is 0.522 e. The lowest BCUT2D eigenvalue weighted by Crippen LogP contribution is -2.21. The van der Waals surface area contributed by atoms with Crippen LogP contribution < -0.4 is 0 Å². The Bertz CT molecular complexity index is 560. The van der Waals surface area contributed by atoms with Crippen LogP contribution in [-0.2, 0) is 20.2 Å². The second kappa shape index (κ2) is 10.5. The molecular formula is C10H16F3NO6S2. The standard InChI is InChI=1S/C5H5N.C4H10O3S.CHF3O3S/c1-2-4-6-5-3-1;1-2-3-4-8(5,6)7;2-1(3,4)8(5,6)7/h1-5H;2-4H2,1H3,(H,5,6,7);(H,5,6,7). The lowest BCUT2D eigenvalue weighted by molar-refractivity contribution is -0.0510. The first-order valence-corrected chi connectivity index (χ1v) is 8.70. The quantitative estimate of drug-likeness (QED) is 0.620. The van der Waals surface area contributed by atoms with E-state index in [0.29, 0.717) is 6.42 Å². The largest absolute Gasteiger partial charge is 0.522 e. The van der Waals surface area contributed by atoms with Crippen molar-refractivity contribution in [2.24, 2.45) is 0 Å². The first-order chi connectivity index (χ1) is 9.81. The van der Waals surface area contributed by atoms with Crippen molar-refractivity contribution in [2.45, 2.75) is 25.3 Å². The van der Waals surface area contributed by atoms with E-state index < -0.39 is 25.7 Å². The fourth-order valence-electron chi connectivity index (χ4n) is 0.639. The molecule has 0 amide bonds. The monoisotopic (exact) mass is 367 g/mol. The SMILES string of the molecule is CCCCS(=O)(=O)O.O=S(=O)(O)C(F)(F)F.c1ccncc1. The zero-order valence-electron chi connectivity index (χ0n) is 11.4. The predicted molar refractivity (Wildman–Crippen MR) is 73.2 cm³/mol. The fraction of sp³-hybridized carbons (Fsp3) is 0.500. The fourth-order valence-corrected chi connectivity index (χ4v) is 1.29. The van der Waals surface area contributed by atoms with Crippen LogP contribution in [0.15, 0.2) is 30.6 Å². The van der Waals surface area contributed by atoms with Crippen LogP contribution in [-0.4, -0.2) is 42.2 Å². The van der Waals surface area contributed by atoms with E-state index >= 15 is 0 Å². The van der Waals surface area contributed by atoms with Gasteiger partial charge in [0.1, 0.15) is 0 Å². The van der Waals surface area contributed by atoms with Crippen molar-refractivity contribution in [3.05, 3.63) is 30.6 Å². The van der Waals surface area contributed by atoms with Crippen molar-refractivity contribution in [2.75, 3.05) is 5.75 Å². The van der Waals surface area contributed by atoms with Gasteiger partial charge in [0.2, 0.25) is 0 Å². The molecule has 0 saturated heterocycles. The van der Waals surface area contributed by atoms with Gasteiger partial charge in [0.15, 0.2) is 0 Å². The highest BCUT2D eigenvalue weighted by molar-refractivity contribution is 7.86. The number of pyridine rings is 1. The highest BCUT2D eigenvalue weighted by Gasteiger charge is 2.44. The van der Waals surface area contributed by atoms with Crippen LogP contribution >= 0.6 is 0 Å². The molecule has 12 heteroatoms. The normalized spacial score (nSPS) is 11.5. The van der Waals surface area contributed by atoms with E-state index in [0.717, 1.165) is 6.42 Å². The highest BCUT2D eigenvalue weighted by atomic mass is 32.2. The van der Waals surface area contributed by atoms with Crippen molar-refractivity contribution in [3.63, 3.8) is 0 Å². The van der Waals surface area contributed by atoms with Crippen molar-refractivity contribution in [1.82, 2.24) is 4.98 Å². The number of hydrogen-bond donors (Lipinski definition) is 2. The van der Waals surface area contributed by atoms with Crippen LogP contribution in [0.1, 0.15) is 19.8 Å². The van der Waals surface area contributed by atoms with E-state index in [2.05, 4.69) is 4.98 Å². The van der Waals surface area contributed by atoms with Crippen molar-refractivity contribution in [1.29, 1.82) is 0 Å². The molecular weight excluding hydrogens is 351 g/mol. The van der Waals surface area contributed by atoms with Crippen LogP contribution in [0.5, 0.6) is 0 Å². The Kier molecular flexibility index (Phi) is 11.0. The predicted octanol–water partition coefficient (Wildman–Crippen LogP) is 2.15. The molecule has 0 aliphatic rings. The minimum atomic E-state index is -5.84. The minimum absolute atomic E-state index is 0.108. The van der Waals surface area contributed by atoms with Gasteiger partial charge >= 0.3 is 15.6 Å². The zero-order valence-corrected chi connectivity index (χ0v) is 13.1. The highest BCUT2D eigenvalue weighted by Crippen LogP contribution is 2.20. The number of hydrogen-bond acceptors (Lipinski definition) is 5. The maximum atomic E-state index is 10.7. The lowest BCUT2D eigenvalue weighted by Gasteiger charge is -1.97. The number of alkyl halides is 3. The molecule has 0 aromatic carbocycles. The molecule has 1 rings (SSSR count). The van der Waals surface area contributed by atoms with Gasteiger partial charge in [-0.3, -0.25) is 14.1 Å². The first kappa shape index (κ1) is 23.0. The summed E-state index contributed by atoms with van der Waals surface area (Å²) in [5, 5.41) is 0. The molecule has 7 nitrogen and oxygen atoms in total. The van der Waals surface area contributed by atoms with Crippen LogP contribution in [0, 0.1) is 0 Å². The third-order valence-electron chi connectivity index (χ3n) is 1.61. The van der Waals surface area contributed by atoms with Gasteiger partial charge in [-0.25, -0.2) is 0 Å². The number of nitrogens with zero attached hydrogens (tertiary/aromatic N) is 1. The Hall–Kier alpha value is -1.24. The van der Waals surface area contributed by atoms with Crippen molar-refractivity contribution >= 4 is 20.2 Å². The van der Waals surface area contributed by atoms with E-state index in [1.807, 2.05) is 25.1 Å². The molecule has 0 aliphatic heterocycles. The molecule has 130 valence electrons. The molecule has 0 spiro atoms. The Labute approximate surface area is 126 Å².